The first-order valence-electron chi connectivity index (χ1n) is 9.13. The fraction of sp³-hybridized carbons (Fsp3) is 0.0909. The number of ether oxygens (including phenoxy) is 1. The van der Waals surface area contributed by atoms with E-state index in [-0.39, 0.29) is 12.5 Å². The maximum Gasteiger partial charge on any atom is 0.323 e. The summed E-state index contributed by atoms with van der Waals surface area (Å²) in [6, 6.07) is 19.4. The Balaban J connectivity index is 1.52. The van der Waals surface area contributed by atoms with Crippen LogP contribution in [0, 0.1) is 0 Å². The molecule has 0 atom stereocenters. The van der Waals surface area contributed by atoms with Crippen LogP contribution in [-0.2, 0) is 11.3 Å². The van der Waals surface area contributed by atoms with Crippen LogP contribution in [0.3, 0.4) is 0 Å². The Hall–Kier alpha value is -3.03. The lowest BCUT2D eigenvalue weighted by atomic mass is 10.1. The zero-order valence-electron chi connectivity index (χ0n) is 15.7. The number of amides is 3. The van der Waals surface area contributed by atoms with E-state index in [0.29, 0.717) is 34.4 Å². The van der Waals surface area contributed by atoms with Crippen LogP contribution in [0.25, 0.3) is 0 Å². The van der Waals surface area contributed by atoms with Crippen molar-refractivity contribution in [1.29, 1.82) is 0 Å². The minimum atomic E-state index is -0.403. The number of benzene rings is 3. The maximum atomic E-state index is 12.5. The molecule has 30 heavy (non-hydrogen) atoms. The maximum absolute atomic E-state index is 12.5. The molecule has 152 valence electrons. The van der Waals surface area contributed by atoms with Gasteiger partial charge in [0.1, 0.15) is 5.75 Å². The van der Waals surface area contributed by atoms with Crippen LogP contribution >= 0.6 is 27.5 Å². The fourth-order valence-corrected chi connectivity index (χ4v) is 3.44. The van der Waals surface area contributed by atoms with Crippen LogP contribution < -0.4 is 20.3 Å². The van der Waals surface area contributed by atoms with Gasteiger partial charge in [-0.15, -0.1) is 0 Å². The summed E-state index contributed by atoms with van der Waals surface area (Å²) in [6.45, 7) is 0.385. The number of anilines is 3. The highest BCUT2D eigenvalue weighted by atomic mass is 79.9. The molecule has 1 aliphatic rings. The van der Waals surface area contributed by atoms with Crippen LogP contribution in [0.2, 0.25) is 5.02 Å². The number of fused-ring (bicyclic) bond motifs is 1. The van der Waals surface area contributed by atoms with Crippen molar-refractivity contribution in [2.75, 3.05) is 22.1 Å². The summed E-state index contributed by atoms with van der Waals surface area (Å²) in [4.78, 5) is 26.5. The van der Waals surface area contributed by atoms with Gasteiger partial charge < -0.3 is 20.3 Å². The highest BCUT2D eigenvalue weighted by Gasteiger charge is 2.26. The number of nitrogens with one attached hydrogen (secondary N) is 2. The summed E-state index contributed by atoms with van der Waals surface area (Å²) >= 11 is 9.28. The van der Waals surface area contributed by atoms with Crippen molar-refractivity contribution >= 4 is 56.5 Å². The first-order valence-corrected chi connectivity index (χ1v) is 10.3. The van der Waals surface area contributed by atoms with Gasteiger partial charge in [0.15, 0.2) is 6.61 Å². The SMILES string of the molecule is O=C(Nc1ccc(Cl)cc1)Nc1ccc2c(c1)N(Cc1ccc(Br)cc1)C(=O)CO2. The van der Waals surface area contributed by atoms with E-state index in [4.69, 9.17) is 16.3 Å². The molecule has 4 rings (SSSR count). The average molecular weight is 487 g/mol. The molecule has 0 saturated carbocycles. The zero-order valence-corrected chi connectivity index (χ0v) is 18.0. The Bertz CT molecular complexity index is 1090. The summed E-state index contributed by atoms with van der Waals surface area (Å²) in [6.07, 6.45) is 0. The summed E-state index contributed by atoms with van der Waals surface area (Å²) in [5.74, 6) is 0.448. The van der Waals surface area contributed by atoms with Gasteiger partial charge in [-0.1, -0.05) is 39.7 Å². The molecule has 0 bridgehead atoms. The Kier molecular flexibility index (Phi) is 5.92. The van der Waals surface area contributed by atoms with Crippen LogP contribution in [0.5, 0.6) is 5.75 Å². The number of halogens is 2. The lowest BCUT2D eigenvalue weighted by Crippen LogP contribution is -2.38. The normalized spacial score (nSPS) is 12.7. The summed E-state index contributed by atoms with van der Waals surface area (Å²) in [5, 5.41) is 6.11. The largest absolute Gasteiger partial charge is 0.482 e. The van der Waals surface area contributed by atoms with E-state index in [2.05, 4.69) is 26.6 Å². The lowest BCUT2D eigenvalue weighted by molar-refractivity contribution is -0.121. The number of hydrogen-bond donors (Lipinski definition) is 2. The number of carbonyl (C=O) groups is 2. The van der Waals surface area contributed by atoms with Crippen LogP contribution in [0.1, 0.15) is 5.56 Å². The second-order valence-corrected chi connectivity index (χ2v) is 8.02. The average Bonchev–Trinajstić information content (AvgIpc) is 2.73. The van der Waals surface area contributed by atoms with Gasteiger partial charge in [0.05, 0.1) is 12.2 Å². The molecule has 3 amide bonds. The molecule has 0 aliphatic carbocycles. The molecule has 3 aromatic rings. The number of nitrogens with zero attached hydrogens (tertiary/aromatic N) is 1. The van der Waals surface area contributed by atoms with Crippen molar-refractivity contribution in [3.8, 4) is 5.75 Å². The fourth-order valence-electron chi connectivity index (χ4n) is 3.05. The molecule has 0 unspecified atom stereocenters. The van der Waals surface area contributed by atoms with Crippen molar-refractivity contribution < 1.29 is 14.3 Å². The summed E-state index contributed by atoms with van der Waals surface area (Å²) in [5.41, 5.74) is 2.75. The molecule has 0 saturated heterocycles. The molecular formula is C22H17BrClN3O3. The van der Waals surface area contributed by atoms with Gasteiger partial charge in [0, 0.05) is 20.9 Å². The molecule has 1 heterocycles. The van der Waals surface area contributed by atoms with Crippen LogP contribution in [0.15, 0.2) is 71.2 Å². The quantitative estimate of drug-likeness (QED) is 0.499. The van der Waals surface area contributed by atoms with Crippen molar-refractivity contribution in [3.05, 3.63) is 81.8 Å². The van der Waals surface area contributed by atoms with E-state index in [9.17, 15) is 9.59 Å². The smallest absolute Gasteiger partial charge is 0.323 e. The molecule has 0 fully saturated rings. The van der Waals surface area contributed by atoms with E-state index in [1.165, 1.54) is 0 Å². The van der Waals surface area contributed by atoms with Crippen molar-refractivity contribution in [3.63, 3.8) is 0 Å². The second-order valence-electron chi connectivity index (χ2n) is 6.66. The molecule has 6 nitrogen and oxygen atoms in total. The van der Waals surface area contributed by atoms with E-state index < -0.39 is 6.03 Å². The molecule has 3 aromatic carbocycles. The van der Waals surface area contributed by atoms with Gasteiger partial charge in [0.2, 0.25) is 0 Å². The topological polar surface area (TPSA) is 70.7 Å². The highest BCUT2D eigenvalue weighted by Crippen LogP contribution is 2.35. The first-order chi connectivity index (χ1) is 14.5. The molecular weight excluding hydrogens is 470 g/mol. The minimum absolute atomic E-state index is 0.0205. The van der Waals surface area contributed by atoms with Crippen molar-refractivity contribution in [1.82, 2.24) is 0 Å². The third kappa shape index (κ3) is 4.75. The Morgan fingerprint density at radius 1 is 1.00 bits per heavy atom. The number of carbonyl (C=O) groups excluding carboxylic acids is 2. The van der Waals surface area contributed by atoms with Crippen molar-refractivity contribution in [2.45, 2.75) is 6.54 Å². The van der Waals surface area contributed by atoms with Gasteiger partial charge in [-0.05, 0) is 60.2 Å². The minimum Gasteiger partial charge on any atom is -0.482 e. The monoisotopic (exact) mass is 485 g/mol. The molecule has 1 aliphatic heterocycles. The van der Waals surface area contributed by atoms with Crippen LogP contribution in [0.4, 0.5) is 21.9 Å². The highest BCUT2D eigenvalue weighted by molar-refractivity contribution is 9.10. The number of hydrogen-bond acceptors (Lipinski definition) is 3. The van der Waals surface area contributed by atoms with Gasteiger partial charge in [-0.25, -0.2) is 4.79 Å². The third-order valence-electron chi connectivity index (χ3n) is 4.52. The molecule has 0 spiro atoms. The van der Waals surface area contributed by atoms with Gasteiger partial charge in [-0.3, -0.25) is 4.79 Å². The number of urea groups is 1. The first kappa shape index (κ1) is 20.3. The summed E-state index contributed by atoms with van der Waals surface area (Å²) in [7, 11) is 0. The second kappa shape index (κ2) is 8.77. The molecule has 2 N–H and O–H groups in total. The predicted octanol–water partition coefficient (Wildman–Crippen LogP) is 5.67. The summed E-state index contributed by atoms with van der Waals surface area (Å²) < 4.78 is 6.52. The van der Waals surface area contributed by atoms with Crippen LogP contribution in [-0.4, -0.2) is 18.5 Å². The van der Waals surface area contributed by atoms with E-state index in [1.807, 2.05) is 24.3 Å². The van der Waals surface area contributed by atoms with Gasteiger partial charge >= 0.3 is 6.03 Å². The van der Waals surface area contributed by atoms with E-state index in [0.717, 1.165) is 10.0 Å². The molecule has 0 radical (unpaired) electrons. The van der Waals surface area contributed by atoms with Gasteiger partial charge in [0.25, 0.3) is 5.91 Å². The van der Waals surface area contributed by atoms with E-state index in [1.54, 1.807) is 47.4 Å². The third-order valence-corrected chi connectivity index (χ3v) is 5.30. The Labute approximate surface area is 186 Å². The number of rotatable bonds is 4. The molecule has 8 heteroatoms. The standard InChI is InChI=1S/C22H17BrClN3O3/c23-15-3-1-14(2-4-15)12-27-19-11-18(9-10-20(19)30-13-21(27)28)26-22(29)25-17-7-5-16(24)6-8-17/h1-11H,12-13H2,(H2,25,26,29). The molecule has 0 aromatic heterocycles. The predicted molar refractivity (Wildman–Crippen MR) is 121 cm³/mol. The van der Waals surface area contributed by atoms with Gasteiger partial charge in [-0.2, -0.15) is 0 Å². The van der Waals surface area contributed by atoms with Crippen molar-refractivity contribution in [2.24, 2.45) is 0 Å². The van der Waals surface area contributed by atoms with E-state index >= 15 is 0 Å². The zero-order chi connectivity index (χ0) is 21.1. The Morgan fingerprint density at radius 2 is 1.67 bits per heavy atom. The lowest BCUT2D eigenvalue weighted by Gasteiger charge is -2.30. The Morgan fingerprint density at radius 3 is 2.40 bits per heavy atom.